The van der Waals surface area contributed by atoms with Gasteiger partial charge in [-0.25, -0.2) is 0 Å². The van der Waals surface area contributed by atoms with E-state index in [2.05, 4.69) is 17.0 Å². The Labute approximate surface area is 169 Å². The molecule has 27 heavy (non-hydrogen) atoms. The topological polar surface area (TPSA) is 36.0 Å². The summed E-state index contributed by atoms with van der Waals surface area (Å²) in [5.74, 6) is -0.0421. The Balaban J connectivity index is 1.58. The van der Waals surface area contributed by atoms with Gasteiger partial charge in [-0.2, -0.15) is 0 Å². The number of carbonyl (C=O) groups excluding carboxylic acids is 1. The molecule has 5 nitrogen and oxygen atoms in total. The normalized spacial score (nSPS) is 20.5. The van der Waals surface area contributed by atoms with Gasteiger partial charge in [0.15, 0.2) is 5.11 Å². The van der Waals surface area contributed by atoms with E-state index in [1.54, 1.807) is 17.0 Å². The molecule has 2 fully saturated rings. The average Bonchev–Trinajstić information content (AvgIpc) is 2.92. The minimum atomic E-state index is -0.359. The maximum atomic E-state index is 12.8. The Kier molecular flexibility index (Phi) is 5.04. The molecule has 2 saturated heterocycles. The molecule has 2 aromatic carbocycles. The van der Waals surface area contributed by atoms with Crippen molar-refractivity contribution in [1.82, 2.24) is 0 Å². The van der Waals surface area contributed by atoms with Gasteiger partial charge in [-0.05, 0) is 67.7 Å². The van der Waals surface area contributed by atoms with Gasteiger partial charge >= 0.3 is 0 Å². The number of thiocarbonyl (C=S) groups is 1. The monoisotopic (exact) mass is 401 g/mol. The molecule has 0 spiro atoms. The molecule has 1 amide bonds. The highest BCUT2D eigenvalue weighted by atomic mass is 35.5. The molecule has 4 rings (SSSR count). The van der Waals surface area contributed by atoms with Crippen LogP contribution in [0.4, 0.5) is 17.1 Å². The number of anilines is 3. The zero-order valence-electron chi connectivity index (χ0n) is 15.0. The van der Waals surface area contributed by atoms with Crippen LogP contribution in [0.15, 0.2) is 48.5 Å². The fraction of sp³-hybridized carbons (Fsp3) is 0.300. The number of hydrogen-bond donors (Lipinski definition) is 0. The first-order valence-electron chi connectivity index (χ1n) is 8.92. The van der Waals surface area contributed by atoms with Crippen molar-refractivity contribution in [2.75, 3.05) is 41.0 Å². The second-order valence-corrected chi connectivity index (χ2v) is 7.40. The van der Waals surface area contributed by atoms with E-state index in [-0.39, 0.29) is 11.9 Å². The smallest absolute Gasteiger partial charge is 0.256 e. The summed E-state index contributed by atoms with van der Waals surface area (Å²) < 4.78 is 5.41. The van der Waals surface area contributed by atoms with Crippen molar-refractivity contribution < 1.29 is 9.53 Å². The Bertz CT molecular complexity index is 851. The minimum Gasteiger partial charge on any atom is -0.378 e. The Hall–Kier alpha value is -2.15. The maximum Gasteiger partial charge on any atom is 0.256 e. The fourth-order valence-corrected chi connectivity index (χ4v) is 4.06. The van der Waals surface area contributed by atoms with Gasteiger partial charge in [0.25, 0.3) is 5.91 Å². The van der Waals surface area contributed by atoms with Gasteiger partial charge in [-0.15, -0.1) is 0 Å². The van der Waals surface area contributed by atoms with Gasteiger partial charge in [0.05, 0.1) is 18.9 Å². The first kappa shape index (κ1) is 18.2. The third-order valence-electron chi connectivity index (χ3n) is 4.95. The van der Waals surface area contributed by atoms with Crippen LogP contribution in [0.5, 0.6) is 0 Å². The Morgan fingerprint density at radius 2 is 1.52 bits per heavy atom. The third-order valence-corrected chi connectivity index (χ3v) is 5.58. The van der Waals surface area contributed by atoms with Gasteiger partial charge in [-0.1, -0.05) is 11.6 Å². The highest BCUT2D eigenvalue weighted by molar-refractivity contribution is 7.81. The summed E-state index contributed by atoms with van der Waals surface area (Å²) in [7, 11) is 0. The van der Waals surface area contributed by atoms with Crippen LogP contribution in [0.25, 0.3) is 0 Å². The fourth-order valence-electron chi connectivity index (χ4n) is 3.47. The van der Waals surface area contributed by atoms with Gasteiger partial charge in [0.1, 0.15) is 6.04 Å². The summed E-state index contributed by atoms with van der Waals surface area (Å²) >= 11 is 11.6. The van der Waals surface area contributed by atoms with Crippen LogP contribution in [-0.2, 0) is 9.53 Å². The van der Waals surface area contributed by atoms with Gasteiger partial charge in [0.2, 0.25) is 0 Å². The third kappa shape index (κ3) is 3.40. The number of benzene rings is 2. The summed E-state index contributed by atoms with van der Waals surface area (Å²) in [6.45, 7) is 5.15. The van der Waals surface area contributed by atoms with Crippen LogP contribution < -0.4 is 14.7 Å². The first-order chi connectivity index (χ1) is 13.1. The number of nitrogens with zero attached hydrogens (tertiary/aromatic N) is 3. The van der Waals surface area contributed by atoms with Crippen molar-refractivity contribution in [1.29, 1.82) is 0 Å². The molecule has 0 aliphatic carbocycles. The quantitative estimate of drug-likeness (QED) is 0.733. The highest BCUT2D eigenvalue weighted by Gasteiger charge is 2.41. The molecule has 2 aliphatic heterocycles. The van der Waals surface area contributed by atoms with Crippen molar-refractivity contribution in [2.24, 2.45) is 0 Å². The zero-order valence-corrected chi connectivity index (χ0v) is 16.5. The number of rotatable bonds is 3. The summed E-state index contributed by atoms with van der Waals surface area (Å²) in [5, 5.41) is 1.11. The lowest BCUT2D eigenvalue weighted by Crippen LogP contribution is -2.36. The van der Waals surface area contributed by atoms with Crippen LogP contribution in [0.2, 0.25) is 5.02 Å². The SMILES string of the molecule is CC1C(=O)N(c2ccc(Cl)cc2)C(=S)N1c1ccc(N2CCOCC2)cc1. The van der Waals surface area contributed by atoms with Crippen molar-refractivity contribution in [2.45, 2.75) is 13.0 Å². The number of morpholine rings is 1. The highest BCUT2D eigenvalue weighted by Crippen LogP contribution is 2.31. The summed E-state index contributed by atoms with van der Waals surface area (Å²) in [6, 6.07) is 15.0. The lowest BCUT2D eigenvalue weighted by molar-refractivity contribution is -0.117. The van der Waals surface area contributed by atoms with Gasteiger partial charge < -0.3 is 14.5 Å². The van der Waals surface area contributed by atoms with E-state index < -0.39 is 0 Å². The Morgan fingerprint density at radius 1 is 0.963 bits per heavy atom. The predicted molar refractivity (Wildman–Crippen MR) is 113 cm³/mol. The Morgan fingerprint density at radius 3 is 2.15 bits per heavy atom. The van der Waals surface area contributed by atoms with Crippen molar-refractivity contribution in [3.05, 3.63) is 53.6 Å². The van der Waals surface area contributed by atoms with E-state index in [4.69, 9.17) is 28.6 Å². The molecule has 2 aromatic rings. The molecule has 0 radical (unpaired) electrons. The zero-order chi connectivity index (χ0) is 19.0. The molecule has 0 aromatic heterocycles. The lowest BCUT2D eigenvalue weighted by atomic mass is 10.2. The molecular formula is C20H20ClN3O2S. The number of ether oxygens (including phenoxy) is 1. The number of halogens is 1. The predicted octanol–water partition coefficient (Wildman–Crippen LogP) is 3.70. The van der Waals surface area contributed by atoms with Gasteiger partial charge in [0, 0.05) is 29.5 Å². The van der Waals surface area contributed by atoms with E-state index in [1.165, 1.54) is 0 Å². The second-order valence-electron chi connectivity index (χ2n) is 6.59. The molecule has 0 bridgehead atoms. The largest absolute Gasteiger partial charge is 0.378 e. The number of hydrogen-bond acceptors (Lipinski definition) is 4. The summed E-state index contributed by atoms with van der Waals surface area (Å²) in [5.41, 5.74) is 2.80. The van der Waals surface area contributed by atoms with Crippen LogP contribution in [0.1, 0.15) is 6.92 Å². The van der Waals surface area contributed by atoms with E-state index in [0.29, 0.717) is 10.1 Å². The average molecular weight is 402 g/mol. The van der Waals surface area contributed by atoms with E-state index in [9.17, 15) is 4.79 Å². The molecule has 140 valence electrons. The standard InChI is InChI=1S/C20H20ClN3O2S/c1-14-19(25)24(18-4-2-15(21)3-5-18)20(27)23(14)17-8-6-16(7-9-17)22-10-12-26-13-11-22/h2-9,14H,10-13H2,1H3. The van der Waals surface area contributed by atoms with Crippen molar-refractivity contribution >= 4 is 51.9 Å². The van der Waals surface area contributed by atoms with E-state index in [1.807, 2.05) is 36.1 Å². The lowest BCUT2D eigenvalue weighted by Gasteiger charge is -2.29. The molecule has 2 heterocycles. The van der Waals surface area contributed by atoms with Crippen LogP contribution >= 0.6 is 23.8 Å². The van der Waals surface area contributed by atoms with E-state index in [0.717, 1.165) is 43.4 Å². The molecule has 2 aliphatic rings. The molecule has 0 saturated carbocycles. The number of carbonyl (C=O) groups is 1. The first-order valence-corrected chi connectivity index (χ1v) is 9.70. The van der Waals surface area contributed by atoms with Gasteiger partial charge in [-0.3, -0.25) is 9.69 Å². The molecule has 7 heteroatoms. The van der Waals surface area contributed by atoms with Crippen molar-refractivity contribution in [3.8, 4) is 0 Å². The number of amides is 1. The summed E-state index contributed by atoms with van der Waals surface area (Å²) in [6.07, 6.45) is 0. The second kappa shape index (κ2) is 7.46. The molecular weight excluding hydrogens is 382 g/mol. The van der Waals surface area contributed by atoms with E-state index >= 15 is 0 Å². The van der Waals surface area contributed by atoms with Crippen molar-refractivity contribution in [3.63, 3.8) is 0 Å². The minimum absolute atomic E-state index is 0.0421. The maximum absolute atomic E-state index is 12.8. The van der Waals surface area contributed by atoms with Crippen LogP contribution in [-0.4, -0.2) is 43.4 Å². The summed E-state index contributed by atoms with van der Waals surface area (Å²) in [4.78, 5) is 18.6. The molecule has 1 unspecified atom stereocenters. The van der Waals surface area contributed by atoms with Crippen LogP contribution in [0.3, 0.4) is 0 Å². The van der Waals surface area contributed by atoms with Crippen LogP contribution in [0, 0.1) is 0 Å². The molecule has 1 atom stereocenters. The molecule has 0 N–H and O–H groups in total.